The van der Waals surface area contributed by atoms with Crippen molar-refractivity contribution >= 4 is 148 Å². The van der Waals surface area contributed by atoms with Crippen LogP contribution in [-0.4, -0.2) is 127 Å². The van der Waals surface area contributed by atoms with Crippen molar-refractivity contribution in [3.8, 4) is 0 Å². The molecule has 7 atom stereocenters. The molecule has 2 fully saturated rings. The first-order chi connectivity index (χ1) is 60.7. The van der Waals surface area contributed by atoms with Crippen LogP contribution in [0.25, 0.3) is 35.1 Å². The topological polar surface area (TPSA) is 182 Å². The summed E-state index contributed by atoms with van der Waals surface area (Å²) >= 11 is 37.8. The van der Waals surface area contributed by atoms with Gasteiger partial charge < -0.3 is 39.1 Å². The highest BCUT2D eigenvalue weighted by Crippen LogP contribution is 2.44. The van der Waals surface area contributed by atoms with E-state index in [9.17, 15) is 18.6 Å². The lowest BCUT2D eigenvalue weighted by atomic mass is 9.96. The van der Waals surface area contributed by atoms with Crippen LogP contribution in [0.15, 0.2) is 237 Å². The third kappa shape index (κ3) is 31.5. The summed E-state index contributed by atoms with van der Waals surface area (Å²) < 4.78 is 40.4. The number of hydrogen-bond donors (Lipinski definition) is 4. The predicted molar refractivity (Wildman–Crippen MR) is 530 cm³/mol. The van der Waals surface area contributed by atoms with Gasteiger partial charge in [0.25, 0.3) is 10.1 Å². The minimum Gasteiger partial charge on any atom is -0.414 e. The third-order valence-electron chi connectivity index (χ3n) is 22.8. The van der Waals surface area contributed by atoms with Crippen LogP contribution in [0.5, 0.6) is 0 Å². The number of nitrogens with zero attached hydrogens (tertiary/aromatic N) is 10. The molecule has 0 radical (unpaired) electrons. The largest absolute Gasteiger partial charge is 0.414 e. The number of rotatable bonds is 23. The van der Waals surface area contributed by atoms with Crippen molar-refractivity contribution in [2.45, 2.75) is 134 Å². The number of aliphatic hydroxyl groups is 4. The Morgan fingerprint density at radius 3 is 1.06 bits per heavy atom. The second-order valence-corrected chi connectivity index (χ2v) is 47.2. The van der Waals surface area contributed by atoms with Crippen LogP contribution in [-0.2, 0) is 23.2 Å². The maximum absolute atomic E-state index is 11.5. The number of hydrogen-bond acceptors (Lipinski definition) is 13. The van der Waals surface area contributed by atoms with E-state index in [-0.39, 0.29) is 54.1 Å². The molecule has 670 valence electrons. The first kappa shape index (κ1) is 105. The van der Waals surface area contributed by atoms with Crippen molar-refractivity contribution in [1.82, 2.24) is 9.80 Å². The van der Waals surface area contributed by atoms with Crippen molar-refractivity contribution in [2.24, 2.45) is 0 Å². The molecule has 0 saturated carbocycles. The summed E-state index contributed by atoms with van der Waals surface area (Å²) in [5, 5.41) is 42.2. The lowest BCUT2D eigenvalue weighted by Crippen LogP contribution is -2.50. The second kappa shape index (κ2) is 49.9. The Morgan fingerprint density at radius 1 is 0.438 bits per heavy atom. The summed E-state index contributed by atoms with van der Waals surface area (Å²) in [4.78, 5) is 29.6. The highest BCUT2D eigenvalue weighted by atomic mass is 35.5. The number of aliphatic hydroxyl groups excluding tert-OH is 4. The highest BCUT2D eigenvalue weighted by molar-refractivity contribution is 7.86. The van der Waals surface area contributed by atoms with E-state index in [2.05, 4.69) is 154 Å². The second-order valence-electron chi connectivity index (χ2n) is 33.4. The molecule has 0 aliphatic carbocycles. The van der Waals surface area contributed by atoms with Crippen molar-refractivity contribution in [2.75, 3.05) is 81.8 Å². The van der Waals surface area contributed by atoms with Gasteiger partial charge in [0.1, 0.15) is 18.3 Å². The molecule has 0 aromatic heterocycles. The zero-order chi connectivity index (χ0) is 94.3. The maximum Gasteiger partial charge on any atom is 0.265 e. The maximum atomic E-state index is 11.5. The van der Waals surface area contributed by atoms with Gasteiger partial charge >= 0.3 is 0 Å². The van der Waals surface area contributed by atoms with E-state index in [0.29, 0.717) is 83.5 Å². The zero-order valence-corrected chi connectivity index (χ0v) is 81.4. The van der Waals surface area contributed by atoms with Gasteiger partial charge in [-0.2, -0.15) is 8.42 Å². The SMILES string of the molecule is [C-]#[N+]c1ccc(C=C)cc1.[C-]#[N+]c1ccc([C@@H](CO[Si](C)(C)C(C)(C)C)OS(C)(=O)=O)cc1.[C-]#[N+]c1ccc([C@H](CC)N2CCN(c3ccc(Cl)cc3Cl)C(c3ccc(Cl)cc3)C2)cc1.[C-]#[N+]c1ccc([C@H](CO)N2CCN(c3ccc(Cl)cc3Cl)[C@H](c3ccc(Cl)cc3)C2)cc1.[C-]#[N+]c1ccc([C@H](O)CO)cc1.[C-]#[N+]c1ccc([C@H](O)CO[Si](C)(C)C(C)(C)C)cc1. The first-order valence-corrected chi connectivity index (χ1v) is 51.2. The van der Waals surface area contributed by atoms with E-state index < -0.39 is 45.1 Å². The molecular formula is C100H110Cl6N10O9SSi2. The third-order valence-corrected chi connectivity index (χ3v) is 33.9. The van der Waals surface area contributed by atoms with Gasteiger partial charge in [-0.25, -0.2) is 29.1 Å². The molecular weight excluding hydrogens is 1790 g/mol. The molecule has 2 saturated heterocycles. The molecule has 128 heavy (non-hydrogen) atoms. The van der Waals surface area contributed by atoms with E-state index in [1.54, 1.807) is 115 Å². The van der Waals surface area contributed by atoms with Crippen LogP contribution in [0, 0.1) is 39.4 Å². The van der Waals surface area contributed by atoms with E-state index in [1.165, 1.54) is 11.1 Å². The van der Waals surface area contributed by atoms with Crippen LogP contribution in [0.1, 0.15) is 142 Å². The Labute approximate surface area is 789 Å². The molecule has 4 N–H and O–H groups in total. The highest BCUT2D eigenvalue weighted by Gasteiger charge is 2.40. The summed E-state index contributed by atoms with van der Waals surface area (Å²) in [7, 11) is -7.46. The van der Waals surface area contributed by atoms with E-state index in [4.69, 9.17) is 132 Å². The molecule has 0 bridgehead atoms. The average Bonchev–Trinajstić information content (AvgIpc) is 0.783. The van der Waals surface area contributed by atoms with Crippen molar-refractivity contribution in [3.63, 3.8) is 0 Å². The minimum absolute atomic E-state index is 0.00754. The fourth-order valence-corrected chi connectivity index (χ4v) is 17.3. The monoisotopic (exact) mass is 1890 g/mol. The predicted octanol–water partition coefficient (Wildman–Crippen LogP) is 27.7. The fourth-order valence-electron chi connectivity index (χ4n) is 13.4. The molecule has 1 unspecified atom stereocenters. The van der Waals surface area contributed by atoms with Crippen molar-refractivity contribution < 1.29 is 41.9 Å². The molecule has 2 heterocycles. The summed E-state index contributed by atoms with van der Waals surface area (Å²) in [6, 6.07) is 70.4. The van der Waals surface area contributed by atoms with Gasteiger partial charge in [0.05, 0.1) is 112 Å². The van der Waals surface area contributed by atoms with Gasteiger partial charge in [-0.3, -0.25) is 14.0 Å². The minimum atomic E-state index is -3.62. The Hall–Kier alpha value is -9.76. The van der Waals surface area contributed by atoms with Gasteiger partial charge in [-0.1, -0.05) is 301 Å². The van der Waals surface area contributed by atoms with E-state index in [1.807, 2.05) is 97.1 Å². The number of halogens is 6. The molecule has 2 aliphatic heterocycles. The fraction of sp³-hybridized carbons (Fsp3) is 0.320. The van der Waals surface area contributed by atoms with E-state index >= 15 is 0 Å². The Balaban J connectivity index is 0.000000220. The summed E-state index contributed by atoms with van der Waals surface area (Å²) in [5.41, 5.74) is 13.2. The molecule has 12 rings (SSSR count). The standard InChI is InChI=1S/C26H24Cl3N3.C25H22Cl3N3O.C16H25NO4SSi.C15H23NO2Si.C9H9NO2.C9H7N/c1-3-24(18-6-11-22(30-2)12-7-18)31-14-15-32(25-13-10-21(28)16-23(25)29)26(17-31)19-4-8-20(27)9-5-19;1-29-21-9-4-18(5-10-21)25(16-32)30-12-13-31(23-11-8-20(27)14-22(23)28)24(15-30)17-2-6-19(26)7-3-17;1-16(2,3)23(6,7)20-12-15(21-22(5,18)19)13-8-10-14(17-4)11-9-13;1-15(2,3)19(5,6)18-11-14(17)12-7-9-13(16-4)10-8-12;1-10-8-4-2-7(3-5-8)9(12)6-11;1-3-8-4-6-9(10-2)7-5-8/h4-13,16,24,26H,3,14-15,17H2,1H3;2-11,14,24-25,32H,12-13,15-16H2;8-11,15H,12H2,1-3,5-7H3;7-10,14,17H,11H2,1-3,5-6H3;2-5,9,11-12H,6H2;3-7H,1H2/t24-,26?;24-,25-;15-;14-;9-;/m00111./s1. The normalized spacial score (nSPS) is 15.3. The lowest BCUT2D eigenvalue weighted by Gasteiger charge is -2.46. The van der Waals surface area contributed by atoms with Crippen molar-refractivity contribution in [3.05, 3.63) is 380 Å². The van der Waals surface area contributed by atoms with Gasteiger partial charge in [-0.15, -0.1) is 0 Å². The molecule has 10 aromatic carbocycles. The number of piperazine rings is 2. The molecule has 10 aromatic rings. The quantitative estimate of drug-likeness (QED) is 0.0270. The zero-order valence-electron chi connectivity index (χ0n) is 74.0. The van der Waals surface area contributed by atoms with Gasteiger partial charge in [0, 0.05) is 65.4 Å². The van der Waals surface area contributed by atoms with Crippen LogP contribution in [0.2, 0.25) is 66.4 Å². The molecule has 19 nitrogen and oxygen atoms in total. The lowest BCUT2D eigenvalue weighted by molar-refractivity contribution is 0.0956. The summed E-state index contributed by atoms with van der Waals surface area (Å²) in [6.07, 6.45) is 1.59. The van der Waals surface area contributed by atoms with Crippen LogP contribution >= 0.6 is 69.6 Å². The van der Waals surface area contributed by atoms with Crippen molar-refractivity contribution in [1.29, 1.82) is 0 Å². The molecule has 28 heteroatoms. The van der Waals surface area contributed by atoms with Crippen LogP contribution in [0.4, 0.5) is 45.5 Å². The molecule has 2 aliphatic rings. The summed E-state index contributed by atoms with van der Waals surface area (Å²) in [5.74, 6) is 0. The Kier molecular flexibility index (Phi) is 41.0. The smallest absolute Gasteiger partial charge is 0.265 e. The first-order valence-electron chi connectivity index (χ1n) is 41.3. The summed E-state index contributed by atoms with van der Waals surface area (Å²) in [6.45, 7) is 73.8. The average molecular weight is 1900 g/mol. The van der Waals surface area contributed by atoms with Crippen LogP contribution < -0.4 is 9.80 Å². The number of benzene rings is 10. The Bertz CT molecular complexity index is 5440. The number of anilines is 2. The van der Waals surface area contributed by atoms with Gasteiger partial charge in [0.2, 0.25) is 0 Å². The van der Waals surface area contributed by atoms with E-state index in [0.717, 1.165) is 84.1 Å². The van der Waals surface area contributed by atoms with Crippen LogP contribution in [0.3, 0.4) is 0 Å². The molecule has 0 spiro atoms. The molecule has 0 amide bonds. The van der Waals surface area contributed by atoms with Gasteiger partial charge in [0.15, 0.2) is 50.8 Å². The van der Waals surface area contributed by atoms with Gasteiger partial charge in [-0.05, 0) is 148 Å². The Morgan fingerprint density at radius 2 is 0.750 bits per heavy atom.